The summed E-state index contributed by atoms with van der Waals surface area (Å²) in [6.07, 6.45) is 2.08. The number of aromatic nitrogens is 6. The highest BCUT2D eigenvalue weighted by Crippen LogP contribution is 2.33. The zero-order valence-electron chi connectivity index (χ0n) is 20.3. The zero-order valence-corrected chi connectivity index (χ0v) is 20.3. The average molecular weight is 489 g/mol. The number of ether oxygens (including phenoxy) is 2. The Labute approximate surface area is 204 Å². The van der Waals surface area contributed by atoms with Crippen molar-refractivity contribution in [2.75, 3.05) is 14.2 Å². The minimum Gasteiger partial charge on any atom is -0.493 e. The molecule has 0 radical (unpaired) electrons. The highest BCUT2D eigenvalue weighted by molar-refractivity contribution is 5.89. The molecule has 0 atom stereocenters. The molecule has 0 N–H and O–H groups in total. The predicted octanol–water partition coefficient (Wildman–Crippen LogP) is 1.39. The minimum atomic E-state index is -0.517. The molecule has 0 aliphatic heterocycles. The highest BCUT2D eigenvalue weighted by Gasteiger charge is 2.23. The predicted molar refractivity (Wildman–Crippen MR) is 134 cm³/mol. The molecule has 0 bridgehead atoms. The number of nitrogens with zero attached hydrogens (tertiary/aromatic N) is 6. The van der Waals surface area contributed by atoms with Crippen LogP contribution in [0.25, 0.3) is 27.9 Å². The molecule has 0 saturated heterocycles. The van der Waals surface area contributed by atoms with Crippen LogP contribution in [0, 0.1) is 0 Å². The van der Waals surface area contributed by atoms with Gasteiger partial charge in [0, 0.05) is 26.0 Å². The summed E-state index contributed by atoms with van der Waals surface area (Å²) in [6.45, 7) is 0.324. The number of methoxy groups -OCH3 is 2. The van der Waals surface area contributed by atoms with Crippen molar-refractivity contribution in [1.82, 2.24) is 28.5 Å². The van der Waals surface area contributed by atoms with Gasteiger partial charge in [-0.25, -0.2) is 4.79 Å². The maximum atomic E-state index is 13.7. The Balaban J connectivity index is 1.83. The number of aryl methyl sites for hydroxylation is 3. The van der Waals surface area contributed by atoms with Crippen LogP contribution in [-0.2, 0) is 27.1 Å². The first kappa shape index (κ1) is 23.1. The van der Waals surface area contributed by atoms with E-state index in [1.165, 1.54) is 39.1 Å². The standard InChI is InChI=1S/C25H24N6O5/c1-28-21-19(23(33)29(2)25(28)34)30(13-12-15-8-6-5-7-9-15)24(27-21)31-22(32)18-16(14-26-31)10-11-17(35-3)20(18)36-4/h5-11,14H,12-13H2,1-4H3. The van der Waals surface area contributed by atoms with Crippen LogP contribution in [0.15, 0.2) is 63.0 Å². The first-order valence-electron chi connectivity index (χ1n) is 11.2. The molecule has 3 aromatic heterocycles. The number of fused-ring (bicyclic) bond motifs is 2. The van der Waals surface area contributed by atoms with Gasteiger partial charge >= 0.3 is 5.69 Å². The summed E-state index contributed by atoms with van der Waals surface area (Å²) >= 11 is 0. The molecule has 0 aliphatic carbocycles. The van der Waals surface area contributed by atoms with Crippen molar-refractivity contribution >= 4 is 21.9 Å². The van der Waals surface area contributed by atoms with Crippen LogP contribution in [0.3, 0.4) is 0 Å². The number of hydrogen-bond donors (Lipinski definition) is 0. The van der Waals surface area contributed by atoms with Crippen LogP contribution in [0.1, 0.15) is 5.56 Å². The lowest BCUT2D eigenvalue weighted by molar-refractivity contribution is 0.358. The molecule has 11 nitrogen and oxygen atoms in total. The molecule has 0 fully saturated rings. The Morgan fingerprint density at radius 3 is 2.33 bits per heavy atom. The van der Waals surface area contributed by atoms with Gasteiger partial charge in [0.25, 0.3) is 11.1 Å². The topological polar surface area (TPSA) is 115 Å². The Kier molecular flexibility index (Phi) is 5.67. The van der Waals surface area contributed by atoms with Crippen molar-refractivity contribution in [3.05, 3.63) is 85.4 Å². The normalized spacial score (nSPS) is 11.3. The summed E-state index contributed by atoms with van der Waals surface area (Å²) in [5.41, 5.74) is -0.113. The second kappa shape index (κ2) is 8.84. The molecule has 0 aliphatic rings. The molecular formula is C25H24N6O5. The van der Waals surface area contributed by atoms with E-state index in [1.54, 1.807) is 16.7 Å². The maximum absolute atomic E-state index is 13.7. The fraction of sp³-hybridized carbons (Fsp3) is 0.240. The monoisotopic (exact) mass is 488 g/mol. The van der Waals surface area contributed by atoms with Gasteiger partial charge in [0.15, 0.2) is 22.7 Å². The highest BCUT2D eigenvalue weighted by atomic mass is 16.5. The summed E-state index contributed by atoms with van der Waals surface area (Å²) in [5, 5.41) is 5.17. The van der Waals surface area contributed by atoms with E-state index < -0.39 is 16.8 Å². The zero-order chi connectivity index (χ0) is 25.6. The van der Waals surface area contributed by atoms with E-state index in [4.69, 9.17) is 9.47 Å². The fourth-order valence-electron chi connectivity index (χ4n) is 4.39. The molecule has 11 heteroatoms. The number of benzene rings is 2. The number of rotatable bonds is 6. The van der Waals surface area contributed by atoms with Crippen LogP contribution in [0.4, 0.5) is 0 Å². The SMILES string of the molecule is COc1ccc2cnn(-c3nc4c(c(=O)n(C)c(=O)n4C)n3CCc3ccccc3)c(=O)c2c1OC. The molecule has 3 heterocycles. The van der Waals surface area contributed by atoms with Gasteiger partial charge < -0.3 is 14.0 Å². The van der Waals surface area contributed by atoms with E-state index in [0.717, 1.165) is 14.8 Å². The second-order valence-electron chi connectivity index (χ2n) is 8.30. The number of hydrogen-bond acceptors (Lipinski definition) is 7. The van der Waals surface area contributed by atoms with Crippen LogP contribution >= 0.6 is 0 Å². The summed E-state index contributed by atoms with van der Waals surface area (Å²) in [4.78, 5) is 44.1. The van der Waals surface area contributed by atoms with Gasteiger partial charge in [-0.3, -0.25) is 18.7 Å². The van der Waals surface area contributed by atoms with E-state index in [0.29, 0.717) is 24.1 Å². The van der Waals surface area contributed by atoms with Crippen molar-refractivity contribution in [2.45, 2.75) is 13.0 Å². The van der Waals surface area contributed by atoms with Gasteiger partial charge in [0.05, 0.1) is 25.8 Å². The van der Waals surface area contributed by atoms with Gasteiger partial charge in [-0.15, -0.1) is 0 Å². The molecule has 0 amide bonds. The van der Waals surface area contributed by atoms with E-state index in [1.807, 2.05) is 30.3 Å². The first-order valence-corrected chi connectivity index (χ1v) is 11.2. The third-order valence-electron chi connectivity index (χ3n) is 6.28. The third kappa shape index (κ3) is 3.47. The Bertz CT molecular complexity index is 1800. The van der Waals surface area contributed by atoms with Crippen molar-refractivity contribution in [1.29, 1.82) is 0 Å². The maximum Gasteiger partial charge on any atom is 0.332 e. The van der Waals surface area contributed by atoms with E-state index >= 15 is 0 Å². The van der Waals surface area contributed by atoms with Crippen LogP contribution in [-0.4, -0.2) is 42.7 Å². The second-order valence-corrected chi connectivity index (χ2v) is 8.30. The Morgan fingerprint density at radius 2 is 1.64 bits per heavy atom. The summed E-state index contributed by atoms with van der Waals surface area (Å²) < 4.78 is 15.9. The first-order chi connectivity index (χ1) is 17.4. The van der Waals surface area contributed by atoms with Gasteiger partial charge in [0.2, 0.25) is 5.95 Å². The third-order valence-corrected chi connectivity index (χ3v) is 6.28. The molecule has 0 spiro atoms. The Morgan fingerprint density at radius 1 is 0.889 bits per heavy atom. The lowest BCUT2D eigenvalue weighted by Crippen LogP contribution is -2.37. The van der Waals surface area contributed by atoms with Crippen molar-refractivity contribution in [2.24, 2.45) is 14.1 Å². The van der Waals surface area contributed by atoms with Crippen LogP contribution < -0.4 is 26.3 Å². The Hall–Kier alpha value is -4.67. The van der Waals surface area contributed by atoms with Crippen LogP contribution in [0.5, 0.6) is 11.5 Å². The summed E-state index contributed by atoms with van der Waals surface area (Å²) in [5.74, 6) is 0.788. The van der Waals surface area contributed by atoms with E-state index in [2.05, 4.69) is 10.1 Å². The van der Waals surface area contributed by atoms with Gasteiger partial charge in [-0.2, -0.15) is 14.8 Å². The van der Waals surface area contributed by atoms with Crippen molar-refractivity contribution in [3.63, 3.8) is 0 Å². The van der Waals surface area contributed by atoms with Gasteiger partial charge in [-0.1, -0.05) is 30.3 Å². The summed E-state index contributed by atoms with van der Waals surface area (Å²) in [6, 6.07) is 13.1. The largest absolute Gasteiger partial charge is 0.493 e. The van der Waals surface area contributed by atoms with Crippen molar-refractivity contribution < 1.29 is 9.47 Å². The van der Waals surface area contributed by atoms with Gasteiger partial charge in [-0.05, 0) is 24.1 Å². The average Bonchev–Trinajstić information content (AvgIpc) is 3.29. The lowest BCUT2D eigenvalue weighted by Gasteiger charge is -2.13. The van der Waals surface area contributed by atoms with E-state index in [-0.39, 0.29) is 28.2 Å². The molecule has 5 rings (SSSR count). The molecule has 0 saturated carbocycles. The van der Waals surface area contributed by atoms with Crippen molar-refractivity contribution in [3.8, 4) is 17.4 Å². The van der Waals surface area contributed by atoms with E-state index in [9.17, 15) is 14.4 Å². The van der Waals surface area contributed by atoms with Crippen LogP contribution in [0.2, 0.25) is 0 Å². The minimum absolute atomic E-state index is 0.121. The number of imidazole rings is 1. The summed E-state index contributed by atoms with van der Waals surface area (Å²) in [7, 11) is 5.89. The quantitative estimate of drug-likeness (QED) is 0.355. The molecule has 5 aromatic rings. The molecule has 2 aromatic carbocycles. The molecule has 0 unspecified atom stereocenters. The molecule has 36 heavy (non-hydrogen) atoms. The lowest BCUT2D eigenvalue weighted by atomic mass is 10.1. The molecule has 184 valence electrons. The smallest absolute Gasteiger partial charge is 0.332 e. The molecular weight excluding hydrogens is 464 g/mol. The fourth-order valence-corrected chi connectivity index (χ4v) is 4.39. The van der Waals surface area contributed by atoms with Gasteiger partial charge in [0.1, 0.15) is 0 Å².